The first-order chi connectivity index (χ1) is 12.4. The van der Waals surface area contributed by atoms with Gasteiger partial charge in [0.1, 0.15) is 5.92 Å². The summed E-state index contributed by atoms with van der Waals surface area (Å²) < 4.78 is 0. The minimum Gasteiger partial charge on any atom is -0.374 e. The second-order valence-corrected chi connectivity index (χ2v) is 8.79. The van der Waals surface area contributed by atoms with Gasteiger partial charge in [0.25, 0.3) is 0 Å². The molecule has 0 saturated heterocycles. The molecule has 0 spiro atoms. The Morgan fingerprint density at radius 3 is 2.04 bits per heavy atom. The van der Waals surface area contributed by atoms with Crippen LogP contribution >= 0.6 is 0 Å². The molecule has 1 saturated carbocycles. The highest BCUT2D eigenvalue weighted by Crippen LogP contribution is 2.39. The maximum absolute atomic E-state index is 12.9. The molecule has 0 radical (unpaired) electrons. The normalized spacial score (nSPS) is 25.4. The van der Waals surface area contributed by atoms with Gasteiger partial charge in [-0.2, -0.15) is 0 Å². The number of Topliss-reactive ketones (excluding diaryl/α,β-unsaturated/α-hetero) is 4. The summed E-state index contributed by atoms with van der Waals surface area (Å²) in [5.74, 6) is -4.83. The molecule has 0 aromatic rings. The van der Waals surface area contributed by atoms with Gasteiger partial charge in [-0.3, -0.25) is 19.2 Å². The molecule has 3 atom stereocenters. The van der Waals surface area contributed by atoms with Gasteiger partial charge in [0, 0.05) is 12.8 Å². The molecule has 1 fully saturated rings. The van der Waals surface area contributed by atoms with Crippen LogP contribution in [0.1, 0.15) is 73.6 Å². The summed E-state index contributed by atoms with van der Waals surface area (Å²) in [6, 6.07) is 0. The van der Waals surface area contributed by atoms with Crippen molar-refractivity contribution in [1.29, 1.82) is 0 Å². The summed E-state index contributed by atoms with van der Waals surface area (Å²) in [5.41, 5.74) is -1.46. The first-order valence-corrected chi connectivity index (χ1v) is 9.92. The Balaban J connectivity index is 3.21. The van der Waals surface area contributed by atoms with Gasteiger partial charge < -0.3 is 5.11 Å². The molecular weight excluding hydrogens is 344 g/mol. The number of hydrogen-bond donors (Lipinski definition) is 1. The van der Waals surface area contributed by atoms with Crippen LogP contribution in [-0.2, 0) is 19.2 Å². The predicted octanol–water partition coefficient (Wildman–Crippen LogP) is 3.47. The molecule has 5 nitrogen and oxygen atoms in total. The largest absolute Gasteiger partial charge is 0.374 e. The zero-order chi connectivity index (χ0) is 20.9. The van der Waals surface area contributed by atoms with Crippen LogP contribution < -0.4 is 0 Å². The molecule has 1 aliphatic carbocycles. The summed E-state index contributed by atoms with van der Waals surface area (Å²) in [7, 11) is 0. The second-order valence-electron chi connectivity index (χ2n) is 8.79. The van der Waals surface area contributed by atoms with Gasteiger partial charge in [-0.15, -0.1) is 0 Å². The van der Waals surface area contributed by atoms with Gasteiger partial charge in [-0.25, -0.2) is 0 Å². The summed E-state index contributed by atoms with van der Waals surface area (Å²) in [4.78, 5) is 51.1. The Bertz CT molecular complexity index is 625. The molecule has 27 heavy (non-hydrogen) atoms. The van der Waals surface area contributed by atoms with Crippen LogP contribution in [0, 0.1) is 23.7 Å². The highest BCUT2D eigenvalue weighted by Gasteiger charge is 2.64. The Labute approximate surface area is 162 Å². The van der Waals surface area contributed by atoms with E-state index in [4.69, 9.17) is 0 Å². The van der Waals surface area contributed by atoms with E-state index < -0.39 is 40.6 Å². The number of aliphatic hydroxyl groups is 1. The van der Waals surface area contributed by atoms with Crippen molar-refractivity contribution in [2.45, 2.75) is 79.2 Å². The van der Waals surface area contributed by atoms with Crippen LogP contribution in [0.3, 0.4) is 0 Å². The van der Waals surface area contributed by atoms with Crippen LogP contribution in [0.4, 0.5) is 0 Å². The number of hydrogen-bond acceptors (Lipinski definition) is 5. The molecule has 2 unspecified atom stereocenters. The van der Waals surface area contributed by atoms with Crippen LogP contribution in [0.5, 0.6) is 0 Å². The van der Waals surface area contributed by atoms with Crippen LogP contribution in [0.2, 0.25) is 0 Å². The van der Waals surface area contributed by atoms with Gasteiger partial charge in [0.05, 0.1) is 5.92 Å². The monoisotopic (exact) mass is 378 g/mol. The lowest BCUT2D eigenvalue weighted by molar-refractivity contribution is -0.154. The summed E-state index contributed by atoms with van der Waals surface area (Å²) in [6.07, 6.45) is 3.03. The first-order valence-electron chi connectivity index (χ1n) is 9.92. The fourth-order valence-electron chi connectivity index (χ4n) is 3.39. The standard InChI is InChI=1S/C22H34O5/c1-13(2)7-10-16-20(25)19(17(23)11-8-14(3)4)21(26)22(16,27)18(24)12-9-15(5)6/h7,14-16,19,27H,8-12H2,1-6H3/t16-,19?,22?/m1/s1. The predicted molar refractivity (Wildman–Crippen MR) is 104 cm³/mol. The smallest absolute Gasteiger partial charge is 0.192 e. The average molecular weight is 379 g/mol. The molecule has 1 rings (SSSR count). The van der Waals surface area contributed by atoms with Crippen LogP contribution in [-0.4, -0.2) is 33.8 Å². The van der Waals surface area contributed by atoms with E-state index in [9.17, 15) is 24.3 Å². The van der Waals surface area contributed by atoms with Crippen molar-refractivity contribution < 1.29 is 24.3 Å². The van der Waals surface area contributed by atoms with Crippen molar-refractivity contribution in [3.8, 4) is 0 Å². The Morgan fingerprint density at radius 1 is 1.04 bits per heavy atom. The van der Waals surface area contributed by atoms with Crippen molar-refractivity contribution in [2.24, 2.45) is 23.7 Å². The van der Waals surface area contributed by atoms with Gasteiger partial charge >= 0.3 is 0 Å². The van der Waals surface area contributed by atoms with Crippen molar-refractivity contribution in [3.63, 3.8) is 0 Å². The summed E-state index contributed by atoms with van der Waals surface area (Å²) in [6.45, 7) is 11.5. The molecule has 0 aromatic heterocycles. The molecule has 5 heteroatoms. The Hall–Kier alpha value is -1.62. The van der Waals surface area contributed by atoms with E-state index in [1.807, 2.05) is 41.5 Å². The van der Waals surface area contributed by atoms with Crippen molar-refractivity contribution in [2.75, 3.05) is 0 Å². The molecule has 152 valence electrons. The van der Waals surface area contributed by atoms with E-state index in [0.29, 0.717) is 12.8 Å². The SMILES string of the molecule is CC(C)=CC[C@@H]1C(=O)C(C(=O)CCC(C)C)C(=O)C1(O)C(=O)CCC(C)C. The molecule has 1 N–H and O–H groups in total. The zero-order valence-electron chi connectivity index (χ0n) is 17.5. The minimum absolute atomic E-state index is 0.0193. The Morgan fingerprint density at radius 2 is 1.56 bits per heavy atom. The second kappa shape index (κ2) is 9.54. The number of carbonyl (C=O) groups is 4. The third-order valence-corrected chi connectivity index (χ3v) is 5.20. The number of rotatable bonds is 10. The van der Waals surface area contributed by atoms with Crippen molar-refractivity contribution >= 4 is 23.1 Å². The van der Waals surface area contributed by atoms with Gasteiger partial charge in [0.15, 0.2) is 28.7 Å². The van der Waals surface area contributed by atoms with E-state index >= 15 is 0 Å². The van der Waals surface area contributed by atoms with Gasteiger partial charge in [0.2, 0.25) is 0 Å². The van der Waals surface area contributed by atoms with Crippen molar-refractivity contribution in [3.05, 3.63) is 11.6 Å². The fourth-order valence-corrected chi connectivity index (χ4v) is 3.39. The molecule has 0 amide bonds. The van der Waals surface area contributed by atoms with Crippen LogP contribution in [0.25, 0.3) is 0 Å². The maximum atomic E-state index is 12.9. The highest BCUT2D eigenvalue weighted by molar-refractivity contribution is 6.33. The fraction of sp³-hybridized carbons (Fsp3) is 0.727. The van der Waals surface area contributed by atoms with E-state index in [1.54, 1.807) is 6.08 Å². The third kappa shape index (κ3) is 5.44. The first kappa shape index (κ1) is 23.4. The van der Waals surface area contributed by atoms with E-state index in [1.165, 1.54) is 0 Å². The topological polar surface area (TPSA) is 88.5 Å². The summed E-state index contributed by atoms with van der Waals surface area (Å²) >= 11 is 0. The zero-order valence-corrected chi connectivity index (χ0v) is 17.5. The molecule has 0 heterocycles. The molecule has 0 aromatic carbocycles. The van der Waals surface area contributed by atoms with Gasteiger partial charge in [-0.1, -0.05) is 39.3 Å². The van der Waals surface area contributed by atoms with Crippen LogP contribution in [0.15, 0.2) is 11.6 Å². The van der Waals surface area contributed by atoms with E-state index in [-0.39, 0.29) is 31.1 Å². The average Bonchev–Trinajstić information content (AvgIpc) is 2.75. The van der Waals surface area contributed by atoms with Gasteiger partial charge in [-0.05, 0) is 44.9 Å². The van der Waals surface area contributed by atoms with E-state index in [0.717, 1.165) is 5.57 Å². The van der Waals surface area contributed by atoms with E-state index in [2.05, 4.69) is 0 Å². The molecular formula is C22H34O5. The molecule has 1 aliphatic rings. The minimum atomic E-state index is -2.38. The Kier molecular flexibility index (Phi) is 8.27. The molecule has 0 aliphatic heterocycles. The number of ketones is 4. The lowest BCUT2D eigenvalue weighted by Crippen LogP contribution is -2.50. The lowest BCUT2D eigenvalue weighted by Gasteiger charge is -2.25. The quantitative estimate of drug-likeness (QED) is 0.464. The summed E-state index contributed by atoms with van der Waals surface area (Å²) in [5, 5.41) is 11.1. The van der Waals surface area contributed by atoms with Crippen molar-refractivity contribution in [1.82, 2.24) is 0 Å². The third-order valence-electron chi connectivity index (χ3n) is 5.20. The number of allylic oxidation sites excluding steroid dienone is 2. The highest BCUT2D eigenvalue weighted by atomic mass is 16.3. The maximum Gasteiger partial charge on any atom is 0.192 e. The number of carbonyl (C=O) groups excluding carboxylic acids is 4. The molecule has 0 bridgehead atoms. The lowest BCUT2D eigenvalue weighted by atomic mass is 9.81.